The van der Waals surface area contributed by atoms with Crippen molar-refractivity contribution in [2.24, 2.45) is 5.92 Å². The number of amides is 4. The molecule has 4 amide bonds. The van der Waals surface area contributed by atoms with Crippen molar-refractivity contribution < 1.29 is 32.3 Å². The van der Waals surface area contributed by atoms with Crippen molar-refractivity contribution >= 4 is 61.7 Å². The Morgan fingerprint density at radius 1 is 1.15 bits per heavy atom. The zero-order chi connectivity index (χ0) is 36.8. The highest BCUT2D eigenvalue weighted by molar-refractivity contribution is 7.91. The summed E-state index contributed by atoms with van der Waals surface area (Å²) in [5.74, 6) is -0.559. The molecule has 3 fully saturated rings. The second-order valence-electron chi connectivity index (χ2n) is 14.3. The number of benzene rings is 1. The average Bonchev–Trinajstić information content (AvgIpc) is 3.98. The van der Waals surface area contributed by atoms with Crippen LogP contribution in [0.15, 0.2) is 35.7 Å². The molecule has 4 atom stereocenters. The maximum Gasteiger partial charge on any atom is 0.318 e. The molecule has 4 aliphatic rings. The second kappa shape index (κ2) is 14.5. The molecule has 3 aromatic rings. The molecule has 52 heavy (non-hydrogen) atoms. The van der Waals surface area contributed by atoms with Crippen LogP contribution in [0.2, 0.25) is 5.02 Å². The molecule has 0 radical (unpaired) electrons. The number of allylic oxidation sites excluding steroid dienone is 1. The van der Waals surface area contributed by atoms with E-state index >= 15 is 0 Å². The van der Waals surface area contributed by atoms with Crippen molar-refractivity contribution in [2.75, 3.05) is 20.2 Å². The second-order valence-corrected chi connectivity index (χ2v) is 17.5. The molecule has 2 aromatic heterocycles. The van der Waals surface area contributed by atoms with E-state index in [1.165, 1.54) is 23.3 Å². The number of aromatic nitrogens is 2. The maximum absolute atomic E-state index is 14.2. The van der Waals surface area contributed by atoms with Gasteiger partial charge in [-0.1, -0.05) is 44.0 Å². The molecule has 2 aliphatic heterocycles. The van der Waals surface area contributed by atoms with Gasteiger partial charge in [0.2, 0.25) is 15.9 Å². The number of carbonyl (C=O) groups is 3. The number of hydrogen-bond donors (Lipinski definition) is 3. The van der Waals surface area contributed by atoms with Gasteiger partial charge in [-0.3, -0.25) is 14.3 Å². The molecule has 2 aliphatic carbocycles. The van der Waals surface area contributed by atoms with Gasteiger partial charge in [0, 0.05) is 35.7 Å². The van der Waals surface area contributed by atoms with E-state index in [-0.39, 0.29) is 31.2 Å². The minimum atomic E-state index is -3.85. The first-order valence-corrected chi connectivity index (χ1v) is 20.6. The van der Waals surface area contributed by atoms with Crippen LogP contribution in [0.3, 0.4) is 0 Å². The van der Waals surface area contributed by atoms with E-state index in [0.29, 0.717) is 57.5 Å². The van der Waals surface area contributed by atoms with Gasteiger partial charge in [-0.25, -0.2) is 23.2 Å². The smallest absolute Gasteiger partial charge is 0.318 e. The fourth-order valence-electron chi connectivity index (χ4n) is 6.87. The Bertz CT molecular complexity index is 2030. The van der Waals surface area contributed by atoms with Crippen molar-refractivity contribution in [3.8, 4) is 22.2 Å². The number of nitrogens with one attached hydrogen (secondary N) is 3. The van der Waals surface area contributed by atoms with E-state index in [4.69, 9.17) is 31.0 Å². The third kappa shape index (κ3) is 7.31. The lowest BCUT2D eigenvalue weighted by atomic mass is 10.1. The fourth-order valence-corrected chi connectivity index (χ4v) is 9.45. The van der Waals surface area contributed by atoms with Crippen LogP contribution in [0.5, 0.6) is 11.5 Å². The zero-order valence-electron chi connectivity index (χ0n) is 29.3. The van der Waals surface area contributed by atoms with E-state index in [1.54, 1.807) is 18.2 Å². The van der Waals surface area contributed by atoms with Crippen LogP contribution in [0.1, 0.15) is 76.8 Å². The van der Waals surface area contributed by atoms with Gasteiger partial charge in [0.15, 0.2) is 0 Å². The van der Waals surface area contributed by atoms with Crippen LogP contribution in [0, 0.1) is 5.92 Å². The standard InChI is InChI=1S/C36H43ClN6O7S2/c1-20(2)26-19-51-33(40-26)25-16-29(24-12-13-28(49-3)30(37)31(24)39-25)50-22-15-27-32(44)41-36(34(45)42-52(47,48)23-10-11-23)17-21(36)9-7-5-4-6-8-14-38-35(46)43(27)18-22/h7,9,12-13,16,19-23,27H,4-6,8,10-11,14-15,17-18H2,1-3H3,(H,38,46)(H,41,44)(H,42,45)/b9-7-/t21?,22?,27-,36+/m0/s1. The fraction of sp³-hybridized carbons (Fsp3) is 0.528. The van der Waals surface area contributed by atoms with Crippen molar-refractivity contribution in [1.29, 1.82) is 0 Å². The topological polar surface area (TPSA) is 169 Å². The van der Waals surface area contributed by atoms with Gasteiger partial charge in [-0.2, -0.15) is 0 Å². The summed E-state index contributed by atoms with van der Waals surface area (Å²) in [6.45, 7) is 4.66. The first-order valence-electron chi connectivity index (χ1n) is 17.8. The first kappa shape index (κ1) is 36.4. The molecule has 2 saturated carbocycles. The number of ether oxygens (including phenoxy) is 2. The summed E-state index contributed by atoms with van der Waals surface area (Å²) in [5.41, 5.74) is 0.508. The highest BCUT2D eigenvalue weighted by Gasteiger charge is 2.62. The van der Waals surface area contributed by atoms with Crippen LogP contribution in [0.25, 0.3) is 21.6 Å². The molecule has 4 heterocycles. The number of pyridine rings is 1. The third-order valence-electron chi connectivity index (χ3n) is 10.2. The summed E-state index contributed by atoms with van der Waals surface area (Å²) >= 11 is 8.24. The normalized spacial score (nSPS) is 26.0. The van der Waals surface area contributed by atoms with Gasteiger partial charge >= 0.3 is 6.03 Å². The minimum Gasteiger partial charge on any atom is -0.495 e. The summed E-state index contributed by atoms with van der Waals surface area (Å²) in [5, 5.41) is 8.86. The van der Waals surface area contributed by atoms with E-state index in [0.717, 1.165) is 31.4 Å². The van der Waals surface area contributed by atoms with E-state index in [2.05, 4.69) is 29.2 Å². The monoisotopic (exact) mass is 770 g/mol. The summed E-state index contributed by atoms with van der Waals surface area (Å²) in [6.07, 6.45) is 7.93. The molecule has 7 rings (SSSR count). The molecule has 278 valence electrons. The van der Waals surface area contributed by atoms with Gasteiger partial charge < -0.3 is 25.0 Å². The van der Waals surface area contributed by atoms with Crippen molar-refractivity contribution in [2.45, 2.75) is 94.1 Å². The number of thiazole rings is 1. The Morgan fingerprint density at radius 2 is 1.96 bits per heavy atom. The molecular formula is C36H43ClN6O7S2. The van der Waals surface area contributed by atoms with E-state index in [9.17, 15) is 22.8 Å². The SMILES string of the molecule is COc1ccc2c(OC3C[C@H]4C(=O)N[C@]5(C(=O)NS(=O)(=O)C6CC6)CC5/C=C\CCCCCNC(=O)N4C3)cc(-c3nc(C(C)C)cs3)nc2c1Cl. The molecule has 1 aromatic carbocycles. The van der Waals surface area contributed by atoms with Crippen LogP contribution >= 0.6 is 22.9 Å². The van der Waals surface area contributed by atoms with Gasteiger partial charge in [-0.05, 0) is 56.6 Å². The van der Waals surface area contributed by atoms with Crippen molar-refractivity contribution in [1.82, 2.24) is 30.2 Å². The van der Waals surface area contributed by atoms with Crippen LogP contribution in [-0.4, -0.2) is 84.3 Å². The molecular weight excluding hydrogens is 728 g/mol. The van der Waals surface area contributed by atoms with Crippen LogP contribution < -0.4 is 24.8 Å². The predicted octanol–water partition coefficient (Wildman–Crippen LogP) is 5.29. The Morgan fingerprint density at radius 3 is 2.69 bits per heavy atom. The summed E-state index contributed by atoms with van der Waals surface area (Å²) in [7, 11) is -2.32. The van der Waals surface area contributed by atoms with Crippen LogP contribution in [0.4, 0.5) is 4.79 Å². The Hall–Kier alpha value is -3.95. The molecule has 0 spiro atoms. The first-order chi connectivity index (χ1) is 24.9. The molecule has 13 nitrogen and oxygen atoms in total. The summed E-state index contributed by atoms with van der Waals surface area (Å²) < 4.78 is 39.9. The van der Waals surface area contributed by atoms with Crippen molar-refractivity contribution in [3.05, 3.63) is 46.4 Å². The Labute approximate surface area is 311 Å². The lowest BCUT2D eigenvalue weighted by molar-refractivity contribution is -0.131. The van der Waals surface area contributed by atoms with E-state index in [1.807, 2.05) is 17.5 Å². The third-order valence-corrected chi connectivity index (χ3v) is 13.2. The highest BCUT2D eigenvalue weighted by Crippen LogP contribution is 2.46. The van der Waals surface area contributed by atoms with Gasteiger partial charge in [0.1, 0.15) is 44.9 Å². The summed E-state index contributed by atoms with van der Waals surface area (Å²) in [6, 6.07) is 3.92. The van der Waals surface area contributed by atoms with Crippen LogP contribution in [-0.2, 0) is 19.6 Å². The number of hydrogen-bond acceptors (Lipinski definition) is 10. The van der Waals surface area contributed by atoms with Crippen molar-refractivity contribution in [3.63, 3.8) is 0 Å². The number of carbonyl (C=O) groups excluding carboxylic acids is 3. The number of nitrogens with zero attached hydrogens (tertiary/aromatic N) is 3. The number of urea groups is 1. The number of methoxy groups -OCH3 is 1. The minimum absolute atomic E-state index is 0.0836. The zero-order valence-corrected chi connectivity index (χ0v) is 31.7. The Kier molecular flexibility index (Phi) is 10.1. The quantitative estimate of drug-likeness (QED) is 0.258. The number of sulfonamides is 1. The van der Waals surface area contributed by atoms with Gasteiger partial charge in [0.25, 0.3) is 5.91 Å². The molecule has 2 unspecified atom stereocenters. The van der Waals surface area contributed by atoms with E-state index < -0.39 is 50.8 Å². The number of fused-ring (bicyclic) bond motifs is 3. The molecule has 3 N–H and O–H groups in total. The highest BCUT2D eigenvalue weighted by atomic mass is 35.5. The maximum atomic E-state index is 14.2. The number of halogens is 1. The average molecular weight is 771 g/mol. The molecule has 0 bridgehead atoms. The van der Waals surface area contributed by atoms with Gasteiger partial charge in [0.05, 0.1) is 30.1 Å². The molecule has 1 saturated heterocycles. The Balaban J connectivity index is 1.20. The number of rotatable bonds is 8. The molecule has 16 heteroatoms. The van der Waals surface area contributed by atoms with Gasteiger partial charge in [-0.15, -0.1) is 11.3 Å². The largest absolute Gasteiger partial charge is 0.495 e. The summed E-state index contributed by atoms with van der Waals surface area (Å²) in [4.78, 5) is 52.5. The lowest BCUT2D eigenvalue weighted by Crippen LogP contribution is -2.57. The predicted molar refractivity (Wildman–Crippen MR) is 198 cm³/mol. The lowest BCUT2D eigenvalue weighted by Gasteiger charge is -2.26.